The first kappa shape index (κ1) is 23.8. The number of allylic oxidation sites excluding steroid dienone is 3. The molecule has 10 heteroatoms. The molecule has 2 spiro atoms. The Bertz CT molecular complexity index is 1340. The van der Waals surface area contributed by atoms with E-state index in [0.717, 1.165) is 0 Å². The zero-order valence-corrected chi connectivity index (χ0v) is 22.1. The van der Waals surface area contributed by atoms with Crippen molar-refractivity contribution in [1.82, 2.24) is 0 Å². The number of halogens is 1. The molecule has 5 heterocycles. The number of hydrogen-bond acceptors (Lipinski definition) is 9. The van der Waals surface area contributed by atoms with Gasteiger partial charge in [-0.15, -0.1) is 11.6 Å². The molecule has 0 unspecified atom stereocenters. The van der Waals surface area contributed by atoms with E-state index in [1.54, 1.807) is 26.0 Å². The van der Waals surface area contributed by atoms with Crippen molar-refractivity contribution in [2.75, 3.05) is 6.61 Å². The molecule has 0 amide bonds. The Morgan fingerprint density at radius 3 is 2.66 bits per heavy atom. The van der Waals surface area contributed by atoms with Crippen LogP contribution in [-0.2, 0) is 38.1 Å². The Kier molecular flexibility index (Phi) is 3.94. The fourth-order valence-electron chi connectivity index (χ4n) is 9.95. The molecule has 5 bridgehead atoms. The van der Waals surface area contributed by atoms with Crippen LogP contribution in [0.1, 0.15) is 46.5 Å². The minimum atomic E-state index is -2.23. The topological polar surface area (TPSA) is 125 Å². The SMILES string of the molecule is C[C@@]12C[C@H]3OC(=O)[C@@H]1CO[C@@]14O[C@]5([C@@H]2C1=O)[C@@](O)(CC[C@H]1[C@H]4C=C[C@@]2(Cl)CC=CC(=O)[C@]12C)C(=O)O[C@@]35C. The van der Waals surface area contributed by atoms with E-state index in [1.807, 2.05) is 13.0 Å². The molecule has 0 aromatic rings. The standard InChI is InChI=1S/C28H29ClO9/c1-22-11-17-24(3)28-18(22)19(31)27(38-28,35-12-15(22)20(32)36-17)14-6-9-25(29)8-4-5-16(30)23(25,2)13(14)7-10-26(28,34)21(33)37-24/h4-6,9,13-15,17-18,34H,7-8,10-12H2,1-3H3/t13-,14+,15-,17+,18+,22+,23-,24-,25-,26+,27-,28-/m0/s1. The van der Waals surface area contributed by atoms with Gasteiger partial charge in [0, 0.05) is 5.92 Å². The highest BCUT2D eigenvalue weighted by atomic mass is 35.5. The van der Waals surface area contributed by atoms with E-state index < -0.39 is 85.8 Å². The first-order valence-corrected chi connectivity index (χ1v) is 13.8. The summed E-state index contributed by atoms with van der Waals surface area (Å²) >= 11 is 7.13. The number of Topliss-reactive ketones (excluding diaryl/α,β-unsaturated/α-hetero) is 1. The zero-order valence-electron chi connectivity index (χ0n) is 21.3. The van der Waals surface area contributed by atoms with Gasteiger partial charge in [-0.1, -0.05) is 25.2 Å². The third-order valence-corrected chi connectivity index (χ3v) is 12.8. The molecular weight excluding hydrogens is 516 g/mol. The van der Waals surface area contributed by atoms with Gasteiger partial charge in [-0.2, -0.15) is 0 Å². The first-order valence-electron chi connectivity index (χ1n) is 13.4. The van der Waals surface area contributed by atoms with Crippen molar-refractivity contribution in [2.45, 2.75) is 80.0 Å². The summed E-state index contributed by atoms with van der Waals surface area (Å²) in [5.74, 6) is -7.23. The van der Waals surface area contributed by atoms with Gasteiger partial charge in [-0.3, -0.25) is 14.4 Å². The highest BCUT2D eigenvalue weighted by Gasteiger charge is 2.93. The number of esters is 2. The molecule has 9 nitrogen and oxygen atoms in total. The van der Waals surface area contributed by atoms with E-state index in [9.17, 15) is 24.3 Å². The Hall–Kier alpha value is -2.07. The second-order valence-corrected chi connectivity index (χ2v) is 13.9. The quantitative estimate of drug-likeness (QED) is 0.276. The molecule has 1 N–H and O–H groups in total. The van der Waals surface area contributed by atoms with Crippen molar-refractivity contribution < 1.29 is 43.2 Å². The molecule has 0 radical (unpaired) electrons. The molecule has 0 aromatic carbocycles. The number of carbonyl (C=O) groups excluding carboxylic acids is 4. The van der Waals surface area contributed by atoms with Crippen LogP contribution in [-0.4, -0.2) is 68.8 Å². The van der Waals surface area contributed by atoms with E-state index in [2.05, 4.69) is 0 Å². The average Bonchev–Trinajstić information content (AvgIpc) is 3.17. The molecule has 3 aliphatic carbocycles. The average molecular weight is 545 g/mol. The summed E-state index contributed by atoms with van der Waals surface area (Å²) in [6, 6.07) is 0. The summed E-state index contributed by atoms with van der Waals surface area (Å²) in [6.45, 7) is 5.08. The summed E-state index contributed by atoms with van der Waals surface area (Å²) < 4.78 is 25.0. The van der Waals surface area contributed by atoms with Crippen LogP contribution in [0.25, 0.3) is 0 Å². The normalized spacial score (nSPS) is 60.9. The predicted molar refractivity (Wildman–Crippen MR) is 127 cm³/mol. The van der Waals surface area contributed by atoms with Gasteiger partial charge in [0.05, 0.1) is 28.7 Å². The number of rotatable bonds is 0. The third-order valence-electron chi connectivity index (χ3n) is 12.1. The summed E-state index contributed by atoms with van der Waals surface area (Å²) in [6.07, 6.45) is 6.70. The van der Waals surface area contributed by atoms with Gasteiger partial charge in [0.15, 0.2) is 28.4 Å². The minimum Gasteiger partial charge on any atom is -0.458 e. The second kappa shape index (κ2) is 6.29. The van der Waals surface area contributed by atoms with E-state index in [0.29, 0.717) is 6.42 Å². The molecule has 5 aliphatic heterocycles. The van der Waals surface area contributed by atoms with E-state index in [1.165, 1.54) is 6.08 Å². The monoisotopic (exact) mass is 544 g/mol. The number of hydrogen-bond donors (Lipinski definition) is 1. The van der Waals surface area contributed by atoms with Gasteiger partial charge in [-0.05, 0) is 56.9 Å². The zero-order chi connectivity index (χ0) is 26.9. The fourth-order valence-corrected chi connectivity index (χ4v) is 10.3. The second-order valence-electron chi connectivity index (χ2n) is 13.2. The van der Waals surface area contributed by atoms with Crippen LogP contribution in [0.15, 0.2) is 24.3 Å². The Morgan fingerprint density at radius 2 is 1.89 bits per heavy atom. The number of alkyl halides is 1. The van der Waals surface area contributed by atoms with Crippen LogP contribution in [0.2, 0.25) is 0 Å². The lowest BCUT2D eigenvalue weighted by atomic mass is 9.46. The predicted octanol–water partition coefficient (Wildman–Crippen LogP) is 1.77. The van der Waals surface area contributed by atoms with Crippen molar-refractivity contribution in [3.05, 3.63) is 24.3 Å². The number of carbonyl (C=O) groups is 4. The summed E-state index contributed by atoms with van der Waals surface area (Å²) in [5, 5.41) is 12.4. The van der Waals surface area contributed by atoms with E-state index >= 15 is 0 Å². The lowest BCUT2D eigenvalue weighted by Gasteiger charge is -2.63. The Labute approximate surface area is 223 Å². The highest BCUT2D eigenvalue weighted by Crippen LogP contribution is 2.75. The van der Waals surface area contributed by atoms with Crippen molar-refractivity contribution in [3.63, 3.8) is 0 Å². The molecule has 38 heavy (non-hydrogen) atoms. The number of aliphatic hydroxyl groups is 1. The van der Waals surface area contributed by atoms with Crippen LogP contribution < -0.4 is 0 Å². The van der Waals surface area contributed by atoms with Crippen molar-refractivity contribution in [3.8, 4) is 0 Å². The maximum Gasteiger partial charge on any atom is 0.342 e. The lowest BCUT2D eigenvalue weighted by molar-refractivity contribution is -0.371. The molecule has 0 aromatic heterocycles. The van der Waals surface area contributed by atoms with Gasteiger partial charge in [-0.25, -0.2) is 4.79 Å². The largest absolute Gasteiger partial charge is 0.458 e. The van der Waals surface area contributed by atoms with Crippen LogP contribution in [0.3, 0.4) is 0 Å². The van der Waals surface area contributed by atoms with Gasteiger partial charge >= 0.3 is 11.9 Å². The van der Waals surface area contributed by atoms with Crippen LogP contribution in [0.4, 0.5) is 0 Å². The van der Waals surface area contributed by atoms with Crippen molar-refractivity contribution in [1.29, 1.82) is 0 Å². The molecule has 5 saturated heterocycles. The Morgan fingerprint density at radius 1 is 1.13 bits per heavy atom. The van der Waals surface area contributed by atoms with Gasteiger partial charge < -0.3 is 24.1 Å². The van der Waals surface area contributed by atoms with Crippen LogP contribution in [0, 0.1) is 34.5 Å². The summed E-state index contributed by atoms with van der Waals surface area (Å²) in [4.78, 5) is 54.4. The molecule has 202 valence electrons. The molecule has 8 rings (SSSR count). The van der Waals surface area contributed by atoms with Crippen LogP contribution in [0.5, 0.6) is 0 Å². The maximum atomic E-state index is 14.9. The third kappa shape index (κ3) is 1.99. The molecule has 1 saturated carbocycles. The summed E-state index contributed by atoms with van der Waals surface area (Å²) in [7, 11) is 0. The van der Waals surface area contributed by atoms with Gasteiger partial charge in [0.1, 0.15) is 6.10 Å². The molecular formula is C28H29ClO9. The smallest absolute Gasteiger partial charge is 0.342 e. The van der Waals surface area contributed by atoms with Crippen molar-refractivity contribution >= 4 is 35.1 Å². The number of fused-ring (bicyclic) bond motifs is 5. The molecule has 12 atom stereocenters. The van der Waals surface area contributed by atoms with E-state index in [4.69, 9.17) is 30.5 Å². The summed E-state index contributed by atoms with van der Waals surface area (Å²) in [5.41, 5.74) is -7.85. The minimum absolute atomic E-state index is 0.114. The fraction of sp³-hybridized carbons (Fsp3) is 0.714. The lowest BCUT2D eigenvalue weighted by Crippen LogP contribution is -2.79. The first-order chi connectivity index (χ1) is 17.8. The number of ketones is 2. The van der Waals surface area contributed by atoms with Gasteiger partial charge in [0.25, 0.3) is 0 Å². The number of ether oxygens (including phenoxy) is 4. The van der Waals surface area contributed by atoms with Gasteiger partial charge in [0.2, 0.25) is 5.79 Å². The maximum absolute atomic E-state index is 14.9. The van der Waals surface area contributed by atoms with E-state index in [-0.39, 0.29) is 31.7 Å². The molecule has 6 fully saturated rings. The molecule has 8 aliphatic rings. The van der Waals surface area contributed by atoms with Crippen LogP contribution >= 0.6 is 11.6 Å². The van der Waals surface area contributed by atoms with Crippen molar-refractivity contribution in [2.24, 2.45) is 34.5 Å². The highest BCUT2D eigenvalue weighted by molar-refractivity contribution is 6.29. The Balaban J connectivity index is 1.44.